The minimum absolute atomic E-state index is 0.612. The van der Waals surface area contributed by atoms with Crippen LogP contribution >= 0.6 is 0 Å². The molecule has 0 saturated heterocycles. The average Bonchev–Trinajstić information content (AvgIpc) is 2.47. The smallest absolute Gasteiger partial charge is 0.218 e. The first-order valence-corrected chi connectivity index (χ1v) is 6.46. The molecule has 0 unspecified atom stereocenters. The van der Waals surface area contributed by atoms with Gasteiger partial charge in [0.05, 0.1) is 6.61 Å². The number of nitrogens with zero attached hydrogens (tertiary/aromatic N) is 3. The van der Waals surface area contributed by atoms with Crippen LogP contribution in [0.2, 0.25) is 0 Å². The number of nitrogens with one attached hydrogen (secondary N) is 1. The van der Waals surface area contributed by atoms with Gasteiger partial charge in [0.15, 0.2) is 0 Å². The lowest BCUT2D eigenvalue weighted by molar-refractivity contribution is 0.305. The molecule has 0 saturated carbocycles. The highest BCUT2D eigenvalue weighted by atomic mass is 16.5. The van der Waals surface area contributed by atoms with Gasteiger partial charge in [-0.3, -0.25) is 4.98 Å². The summed E-state index contributed by atoms with van der Waals surface area (Å²) in [5.41, 5.74) is 1.20. The minimum Gasteiger partial charge on any atom is -0.478 e. The third-order valence-electron chi connectivity index (χ3n) is 2.54. The highest BCUT2D eigenvalue weighted by Gasteiger charge is 1.99. The second-order valence-electron chi connectivity index (χ2n) is 4.13. The number of pyridine rings is 1. The maximum atomic E-state index is 5.46. The van der Waals surface area contributed by atoms with Gasteiger partial charge in [0.1, 0.15) is 12.1 Å². The zero-order chi connectivity index (χ0) is 13.3. The number of ether oxygens (including phenoxy) is 1. The molecule has 2 heterocycles. The molecule has 0 fully saturated rings. The zero-order valence-electron chi connectivity index (χ0n) is 11.0. The van der Waals surface area contributed by atoms with Gasteiger partial charge in [0, 0.05) is 25.0 Å². The molecule has 19 heavy (non-hydrogen) atoms. The van der Waals surface area contributed by atoms with Gasteiger partial charge in [0.25, 0.3) is 0 Å². The van der Waals surface area contributed by atoms with Crippen molar-refractivity contribution in [2.45, 2.75) is 19.8 Å². The lowest BCUT2D eigenvalue weighted by atomic mass is 10.2. The van der Waals surface area contributed by atoms with Crippen molar-refractivity contribution in [3.05, 3.63) is 42.5 Å². The van der Waals surface area contributed by atoms with Crippen molar-refractivity contribution in [1.29, 1.82) is 0 Å². The standard InChI is InChI=1S/C14H18N4O/c1-2-8-19-14-9-13(17-11-18-14)16-7-5-12-4-3-6-15-10-12/h3-4,6,9-11H,2,5,7-8H2,1H3,(H,16,17,18). The summed E-state index contributed by atoms with van der Waals surface area (Å²) in [6, 6.07) is 5.82. The summed E-state index contributed by atoms with van der Waals surface area (Å²) in [6.45, 7) is 3.54. The fourth-order valence-electron chi connectivity index (χ4n) is 1.60. The molecule has 2 rings (SSSR count). The van der Waals surface area contributed by atoms with Crippen molar-refractivity contribution in [2.24, 2.45) is 0 Å². The molecule has 2 aromatic heterocycles. The van der Waals surface area contributed by atoms with Gasteiger partial charge in [-0.25, -0.2) is 9.97 Å². The first-order valence-electron chi connectivity index (χ1n) is 6.46. The maximum absolute atomic E-state index is 5.46. The lowest BCUT2D eigenvalue weighted by Crippen LogP contribution is -2.07. The van der Waals surface area contributed by atoms with E-state index in [0.29, 0.717) is 12.5 Å². The molecule has 0 bridgehead atoms. The third-order valence-corrected chi connectivity index (χ3v) is 2.54. The predicted molar refractivity (Wildman–Crippen MR) is 74.2 cm³/mol. The molecule has 0 spiro atoms. The normalized spacial score (nSPS) is 10.2. The Bertz CT molecular complexity index is 490. The molecule has 0 amide bonds. The molecular formula is C14H18N4O. The highest BCUT2D eigenvalue weighted by molar-refractivity contribution is 5.37. The van der Waals surface area contributed by atoms with Crippen LogP contribution < -0.4 is 10.1 Å². The summed E-state index contributed by atoms with van der Waals surface area (Å²) in [5.74, 6) is 1.39. The topological polar surface area (TPSA) is 59.9 Å². The molecule has 5 nitrogen and oxygen atoms in total. The van der Waals surface area contributed by atoms with E-state index in [4.69, 9.17) is 4.74 Å². The Labute approximate surface area is 113 Å². The maximum Gasteiger partial charge on any atom is 0.218 e. The van der Waals surface area contributed by atoms with E-state index in [9.17, 15) is 0 Å². The molecule has 0 aliphatic carbocycles. The van der Waals surface area contributed by atoms with Crippen LogP contribution in [0.3, 0.4) is 0 Å². The van der Waals surface area contributed by atoms with Crippen molar-refractivity contribution in [2.75, 3.05) is 18.5 Å². The van der Waals surface area contributed by atoms with Crippen molar-refractivity contribution in [3.8, 4) is 5.88 Å². The second kappa shape index (κ2) is 7.31. The molecule has 0 aromatic carbocycles. The van der Waals surface area contributed by atoms with Gasteiger partial charge in [0.2, 0.25) is 5.88 Å². The quantitative estimate of drug-likeness (QED) is 0.825. The molecule has 2 aromatic rings. The first-order chi connectivity index (χ1) is 9.38. The zero-order valence-corrected chi connectivity index (χ0v) is 11.0. The van der Waals surface area contributed by atoms with E-state index in [1.807, 2.05) is 18.3 Å². The Kier molecular flexibility index (Phi) is 5.10. The van der Waals surface area contributed by atoms with Crippen LogP contribution in [0.1, 0.15) is 18.9 Å². The number of rotatable bonds is 7. The Morgan fingerprint density at radius 3 is 3.05 bits per heavy atom. The van der Waals surface area contributed by atoms with Crippen LogP contribution in [0, 0.1) is 0 Å². The van der Waals surface area contributed by atoms with Crippen LogP contribution in [-0.2, 0) is 6.42 Å². The van der Waals surface area contributed by atoms with E-state index in [1.54, 1.807) is 6.20 Å². The second-order valence-corrected chi connectivity index (χ2v) is 4.13. The van der Waals surface area contributed by atoms with Gasteiger partial charge in [-0.1, -0.05) is 13.0 Å². The Morgan fingerprint density at radius 2 is 2.26 bits per heavy atom. The van der Waals surface area contributed by atoms with E-state index < -0.39 is 0 Å². The summed E-state index contributed by atoms with van der Waals surface area (Å²) in [6.07, 6.45) is 7.03. The van der Waals surface area contributed by atoms with Gasteiger partial charge in [-0.15, -0.1) is 0 Å². The van der Waals surface area contributed by atoms with Crippen molar-refractivity contribution in [3.63, 3.8) is 0 Å². The first kappa shape index (κ1) is 13.3. The van der Waals surface area contributed by atoms with Crippen LogP contribution in [0.5, 0.6) is 5.88 Å². The fourth-order valence-corrected chi connectivity index (χ4v) is 1.60. The van der Waals surface area contributed by atoms with Crippen LogP contribution in [0.15, 0.2) is 36.9 Å². The summed E-state index contributed by atoms with van der Waals surface area (Å²) in [5, 5.41) is 3.25. The molecule has 0 aliphatic rings. The van der Waals surface area contributed by atoms with Gasteiger partial charge >= 0.3 is 0 Å². The van der Waals surface area contributed by atoms with Crippen LogP contribution in [-0.4, -0.2) is 28.1 Å². The molecule has 5 heteroatoms. The summed E-state index contributed by atoms with van der Waals surface area (Å²) >= 11 is 0. The van der Waals surface area contributed by atoms with Gasteiger partial charge < -0.3 is 10.1 Å². The molecule has 1 N–H and O–H groups in total. The molecule has 0 aliphatic heterocycles. The monoisotopic (exact) mass is 258 g/mol. The minimum atomic E-state index is 0.612. The van der Waals surface area contributed by atoms with E-state index in [2.05, 4.69) is 33.3 Å². The average molecular weight is 258 g/mol. The Morgan fingerprint density at radius 1 is 1.32 bits per heavy atom. The third kappa shape index (κ3) is 4.54. The Hall–Kier alpha value is -2.17. The summed E-state index contributed by atoms with van der Waals surface area (Å²) in [7, 11) is 0. The van der Waals surface area contributed by atoms with Crippen molar-refractivity contribution < 1.29 is 4.74 Å². The van der Waals surface area contributed by atoms with Gasteiger partial charge in [-0.05, 0) is 24.5 Å². The molecular weight excluding hydrogens is 240 g/mol. The number of aromatic nitrogens is 3. The largest absolute Gasteiger partial charge is 0.478 e. The van der Waals surface area contributed by atoms with E-state index in [-0.39, 0.29) is 0 Å². The molecule has 0 radical (unpaired) electrons. The van der Waals surface area contributed by atoms with Crippen molar-refractivity contribution in [1.82, 2.24) is 15.0 Å². The number of anilines is 1. The number of hydrogen-bond acceptors (Lipinski definition) is 5. The number of hydrogen-bond donors (Lipinski definition) is 1. The SMILES string of the molecule is CCCOc1cc(NCCc2cccnc2)ncn1. The fraction of sp³-hybridized carbons (Fsp3) is 0.357. The van der Waals surface area contributed by atoms with E-state index >= 15 is 0 Å². The van der Waals surface area contributed by atoms with Crippen LogP contribution in [0.4, 0.5) is 5.82 Å². The summed E-state index contributed by atoms with van der Waals surface area (Å²) in [4.78, 5) is 12.3. The molecule has 100 valence electrons. The van der Waals surface area contributed by atoms with Gasteiger partial charge in [-0.2, -0.15) is 0 Å². The van der Waals surface area contributed by atoms with E-state index in [1.165, 1.54) is 11.9 Å². The molecule has 0 atom stereocenters. The predicted octanol–water partition coefficient (Wildman–Crippen LogP) is 2.32. The highest BCUT2D eigenvalue weighted by Crippen LogP contribution is 2.11. The van der Waals surface area contributed by atoms with E-state index in [0.717, 1.165) is 25.2 Å². The van der Waals surface area contributed by atoms with Crippen molar-refractivity contribution >= 4 is 5.82 Å². The summed E-state index contributed by atoms with van der Waals surface area (Å²) < 4.78 is 5.46. The Balaban J connectivity index is 1.82. The lowest BCUT2D eigenvalue weighted by Gasteiger charge is -2.07. The van der Waals surface area contributed by atoms with Crippen LogP contribution in [0.25, 0.3) is 0 Å².